The predicted octanol–water partition coefficient (Wildman–Crippen LogP) is 0.902. The molecule has 0 aliphatic carbocycles. The van der Waals surface area contributed by atoms with Gasteiger partial charge in [-0.3, -0.25) is 4.90 Å². The van der Waals surface area contributed by atoms with E-state index in [9.17, 15) is 0 Å². The van der Waals surface area contributed by atoms with Gasteiger partial charge in [0.25, 0.3) is 0 Å². The lowest BCUT2D eigenvalue weighted by Gasteiger charge is -2.23. The molecule has 3 heterocycles. The van der Waals surface area contributed by atoms with Crippen LogP contribution in [0.4, 0.5) is 5.82 Å². The minimum atomic E-state index is 0.0796. The first-order valence-electron chi connectivity index (χ1n) is 8.06. The van der Waals surface area contributed by atoms with Crippen molar-refractivity contribution >= 4 is 5.82 Å². The molecule has 0 saturated carbocycles. The van der Waals surface area contributed by atoms with E-state index in [1.165, 1.54) is 5.56 Å². The molecule has 7 heteroatoms. The molecule has 2 aromatic rings. The zero-order valence-corrected chi connectivity index (χ0v) is 14.0. The average molecular weight is 315 g/mol. The van der Waals surface area contributed by atoms with Crippen LogP contribution in [0.5, 0.6) is 0 Å². The van der Waals surface area contributed by atoms with E-state index in [1.807, 2.05) is 17.1 Å². The molecule has 23 heavy (non-hydrogen) atoms. The number of likely N-dealkylation sites (tertiary alicyclic amines) is 1. The maximum absolute atomic E-state index is 6.26. The number of nitrogens with zero attached hydrogens (tertiary/aromatic N) is 6. The van der Waals surface area contributed by atoms with Gasteiger partial charge in [-0.05, 0) is 25.5 Å². The Bertz CT molecular complexity index is 608. The highest BCUT2D eigenvalue weighted by atomic mass is 15.4. The number of rotatable bonds is 5. The molecule has 1 aliphatic heterocycles. The standard InChI is InChI=1S/C16H25N7/c1-12(2)21(3)16-5-4-13(8-18-16)9-22-10-14(17)15(11-22)23-7-6-19-20-23/h4-8,12,14-15H,9-11,17H2,1-3H3/t14-,15+/m1/s1. The lowest BCUT2D eigenvalue weighted by Crippen LogP contribution is -2.31. The van der Waals surface area contributed by atoms with Crippen LogP contribution in [-0.4, -0.2) is 57.1 Å². The van der Waals surface area contributed by atoms with E-state index in [0.717, 1.165) is 25.5 Å². The van der Waals surface area contributed by atoms with Crippen LogP contribution < -0.4 is 10.6 Å². The molecule has 1 saturated heterocycles. The Morgan fingerprint density at radius 3 is 2.78 bits per heavy atom. The molecule has 0 radical (unpaired) electrons. The summed E-state index contributed by atoms with van der Waals surface area (Å²) >= 11 is 0. The Balaban J connectivity index is 1.62. The van der Waals surface area contributed by atoms with Crippen molar-refractivity contribution in [2.75, 3.05) is 25.0 Å². The van der Waals surface area contributed by atoms with Gasteiger partial charge in [-0.1, -0.05) is 11.3 Å². The fourth-order valence-corrected chi connectivity index (χ4v) is 2.94. The Morgan fingerprint density at radius 2 is 2.17 bits per heavy atom. The van der Waals surface area contributed by atoms with Gasteiger partial charge in [0.1, 0.15) is 5.82 Å². The Hall–Kier alpha value is -1.99. The van der Waals surface area contributed by atoms with Crippen LogP contribution in [-0.2, 0) is 6.54 Å². The highest BCUT2D eigenvalue weighted by molar-refractivity contribution is 5.39. The predicted molar refractivity (Wildman–Crippen MR) is 90.1 cm³/mol. The summed E-state index contributed by atoms with van der Waals surface area (Å²) in [5, 5.41) is 7.95. The minimum Gasteiger partial charge on any atom is -0.357 e. The van der Waals surface area contributed by atoms with E-state index in [4.69, 9.17) is 5.73 Å². The lowest BCUT2D eigenvalue weighted by molar-refractivity contribution is 0.310. The number of aromatic nitrogens is 4. The van der Waals surface area contributed by atoms with E-state index >= 15 is 0 Å². The molecular formula is C16H25N7. The maximum atomic E-state index is 6.26. The highest BCUT2D eigenvalue weighted by Gasteiger charge is 2.31. The smallest absolute Gasteiger partial charge is 0.128 e. The van der Waals surface area contributed by atoms with E-state index < -0.39 is 0 Å². The summed E-state index contributed by atoms with van der Waals surface area (Å²) in [6.07, 6.45) is 5.54. The number of hydrogen-bond acceptors (Lipinski definition) is 6. The van der Waals surface area contributed by atoms with Crippen LogP contribution in [0.25, 0.3) is 0 Å². The first-order chi connectivity index (χ1) is 11.0. The van der Waals surface area contributed by atoms with Gasteiger partial charge in [-0.25, -0.2) is 9.67 Å². The van der Waals surface area contributed by atoms with Gasteiger partial charge in [-0.2, -0.15) is 0 Å². The van der Waals surface area contributed by atoms with Gasteiger partial charge < -0.3 is 10.6 Å². The van der Waals surface area contributed by atoms with Crippen molar-refractivity contribution in [3.63, 3.8) is 0 Å². The molecular weight excluding hydrogens is 290 g/mol. The molecule has 7 nitrogen and oxygen atoms in total. The average Bonchev–Trinajstić information content (AvgIpc) is 3.16. The van der Waals surface area contributed by atoms with Crippen LogP contribution in [0.2, 0.25) is 0 Å². The third kappa shape index (κ3) is 3.51. The molecule has 0 unspecified atom stereocenters. The quantitative estimate of drug-likeness (QED) is 0.883. The second kappa shape index (κ2) is 6.64. The summed E-state index contributed by atoms with van der Waals surface area (Å²) in [4.78, 5) is 9.08. The van der Waals surface area contributed by atoms with E-state index in [2.05, 4.69) is 58.1 Å². The van der Waals surface area contributed by atoms with Gasteiger partial charge in [0.15, 0.2) is 0 Å². The summed E-state index contributed by atoms with van der Waals surface area (Å²) in [7, 11) is 2.06. The van der Waals surface area contributed by atoms with Crippen LogP contribution in [0.1, 0.15) is 25.5 Å². The first-order valence-corrected chi connectivity index (χ1v) is 8.06. The minimum absolute atomic E-state index is 0.0796. The number of nitrogens with two attached hydrogens (primary N) is 1. The van der Waals surface area contributed by atoms with E-state index in [-0.39, 0.29) is 12.1 Å². The molecule has 0 bridgehead atoms. The molecule has 2 N–H and O–H groups in total. The van der Waals surface area contributed by atoms with Gasteiger partial charge in [-0.15, -0.1) is 5.10 Å². The topological polar surface area (TPSA) is 76.1 Å². The third-order valence-electron chi connectivity index (χ3n) is 4.54. The maximum Gasteiger partial charge on any atom is 0.128 e. The van der Waals surface area contributed by atoms with Gasteiger partial charge in [0.2, 0.25) is 0 Å². The summed E-state index contributed by atoms with van der Waals surface area (Å²) in [6, 6.07) is 4.94. The molecule has 2 aromatic heterocycles. The van der Waals surface area contributed by atoms with E-state index in [0.29, 0.717) is 6.04 Å². The van der Waals surface area contributed by atoms with Gasteiger partial charge in [0, 0.05) is 51.2 Å². The van der Waals surface area contributed by atoms with Crippen molar-refractivity contribution < 1.29 is 0 Å². The Kier molecular flexibility index (Phi) is 4.58. The van der Waals surface area contributed by atoms with Crippen molar-refractivity contribution in [1.82, 2.24) is 24.9 Å². The highest BCUT2D eigenvalue weighted by Crippen LogP contribution is 2.22. The molecule has 1 aliphatic rings. The van der Waals surface area contributed by atoms with Gasteiger partial charge >= 0.3 is 0 Å². The van der Waals surface area contributed by atoms with Crippen molar-refractivity contribution in [1.29, 1.82) is 0 Å². The zero-order chi connectivity index (χ0) is 16.4. The van der Waals surface area contributed by atoms with E-state index in [1.54, 1.807) is 6.20 Å². The fraction of sp³-hybridized carbons (Fsp3) is 0.562. The largest absolute Gasteiger partial charge is 0.357 e. The second-order valence-corrected chi connectivity index (χ2v) is 6.54. The lowest BCUT2D eigenvalue weighted by atomic mass is 10.2. The summed E-state index contributed by atoms with van der Waals surface area (Å²) in [5.74, 6) is 1.00. The van der Waals surface area contributed by atoms with Crippen molar-refractivity contribution in [2.45, 2.75) is 38.5 Å². The molecule has 124 valence electrons. The van der Waals surface area contributed by atoms with Crippen molar-refractivity contribution in [3.8, 4) is 0 Å². The van der Waals surface area contributed by atoms with Crippen LogP contribution in [0, 0.1) is 0 Å². The number of pyridine rings is 1. The van der Waals surface area contributed by atoms with Crippen molar-refractivity contribution in [2.24, 2.45) is 5.73 Å². The Labute approximate surface area is 137 Å². The SMILES string of the molecule is CC(C)N(C)c1ccc(CN2C[C@@H](N)[C@@H](n3ccnn3)C2)cn1. The molecule has 2 atom stereocenters. The molecule has 1 fully saturated rings. The molecule has 0 spiro atoms. The first kappa shape index (κ1) is 15.9. The fourth-order valence-electron chi connectivity index (χ4n) is 2.94. The number of hydrogen-bond donors (Lipinski definition) is 1. The monoisotopic (exact) mass is 315 g/mol. The molecule has 0 aromatic carbocycles. The summed E-state index contributed by atoms with van der Waals surface area (Å²) in [6.45, 7) is 6.92. The van der Waals surface area contributed by atoms with Gasteiger partial charge in [0.05, 0.1) is 12.2 Å². The van der Waals surface area contributed by atoms with Crippen LogP contribution in [0.15, 0.2) is 30.7 Å². The molecule has 3 rings (SSSR count). The number of anilines is 1. The summed E-state index contributed by atoms with van der Waals surface area (Å²) < 4.78 is 1.86. The normalized spacial score (nSPS) is 22.0. The van der Waals surface area contributed by atoms with Crippen molar-refractivity contribution in [3.05, 3.63) is 36.3 Å². The summed E-state index contributed by atoms with van der Waals surface area (Å²) in [5.41, 5.74) is 7.46. The third-order valence-corrected chi connectivity index (χ3v) is 4.54. The van der Waals surface area contributed by atoms with Crippen LogP contribution in [0.3, 0.4) is 0 Å². The Morgan fingerprint density at radius 1 is 1.35 bits per heavy atom. The molecule has 0 amide bonds. The second-order valence-electron chi connectivity index (χ2n) is 6.54. The zero-order valence-electron chi connectivity index (χ0n) is 14.0. The van der Waals surface area contributed by atoms with Crippen LogP contribution >= 0.6 is 0 Å².